The minimum Gasteiger partial charge on any atom is -0.441 e. The Morgan fingerprint density at radius 3 is 2.53 bits per heavy atom. The van der Waals surface area contributed by atoms with Gasteiger partial charge in [0.2, 0.25) is 0 Å². The molecule has 1 heterocycles. The van der Waals surface area contributed by atoms with Gasteiger partial charge in [0.05, 0.1) is 0 Å². The van der Waals surface area contributed by atoms with Crippen molar-refractivity contribution in [3.63, 3.8) is 0 Å². The number of aromatic nitrogens is 1. The van der Waals surface area contributed by atoms with Crippen LogP contribution >= 0.6 is 0 Å². The Labute approximate surface area is 95.1 Å². The third-order valence-corrected chi connectivity index (χ3v) is 2.32. The van der Waals surface area contributed by atoms with Gasteiger partial charge in [0.1, 0.15) is 12.0 Å². The second kappa shape index (κ2) is 3.80. The maximum Gasteiger partial charge on any atom is 0.468 e. The van der Waals surface area contributed by atoms with Crippen molar-refractivity contribution in [2.45, 2.75) is 13.1 Å². The first-order valence-corrected chi connectivity index (χ1v) is 4.77. The van der Waals surface area contributed by atoms with Crippen molar-refractivity contribution in [1.29, 1.82) is 0 Å². The number of hydrogen-bond acceptors (Lipinski definition) is 3. The van der Waals surface area contributed by atoms with Gasteiger partial charge in [-0.05, 0) is 18.6 Å². The molecule has 1 aromatic heterocycles. The van der Waals surface area contributed by atoms with Gasteiger partial charge < -0.3 is 10.2 Å². The zero-order valence-corrected chi connectivity index (χ0v) is 8.88. The number of nitrogen functional groups attached to an aromatic ring is 1. The lowest BCUT2D eigenvalue weighted by molar-refractivity contribution is -0.157. The standard InChI is InChI=1S/C11H9F3N2O/c1-6-2-3-7(4-8(6)15)9-5-17-10(16-9)11(12,13)14/h2-5H,15H2,1H3. The van der Waals surface area contributed by atoms with Gasteiger partial charge in [-0.2, -0.15) is 13.2 Å². The van der Waals surface area contributed by atoms with Gasteiger partial charge in [0.25, 0.3) is 0 Å². The van der Waals surface area contributed by atoms with Crippen LogP contribution in [0.1, 0.15) is 11.5 Å². The first kappa shape index (κ1) is 11.5. The molecule has 90 valence electrons. The lowest BCUT2D eigenvalue weighted by Crippen LogP contribution is -2.04. The SMILES string of the molecule is Cc1ccc(-c2coc(C(F)(F)F)n2)cc1N. The van der Waals surface area contributed by atoms with E-state index in [0.29, 0.717) is 11.3 Å². The van der Waals surface area contributed by atoms with Crippen LogP contribution in [0.4, 0.5) is 18.9 Å². The van der Waals surface area contributed by atoms with Crippen LogP contribution in [0.2, 0.25) is 0 Å². The number of nitrogens with two attached hydrogens (primary N) is 1. The summed E-state index contributed by atoms with van der Waals surface area (Å²) >= 11 is 0. The van der Waals surface area contributed by atoms with E-state index in [9.17, 15) is 13.2 Å². The molecule has 0 aliphatic rings. The summed E-state index contributed by atoms with van der Waals surface area (Å²) in [6.45, 7) is 1.81. The average molecular weight is 242 g/mol. The molecular formula is C11H9F3N2O. The highest BCUT2D eigenvalue weighted by molar-refractivity contribution is 5.65. The maximum absolute atomic E-state index is 12.3. The molecule has 0 saturated heterocycles. The predicted molar refractivity (Wildman–Crippen MR) is 56.1 cm³/mol. The number of oxazole rings is 1. The van der Waals surface area contributed by atoms with Crippen LogP contribution in [0.3, 0.4) is 0 Å². The topological polar surface area (TPSA) is 52.0 Å². The predicted octanol–water partition coefficient (Wildman–Crippen LogP) is 3.25. The van der Waals surface area contributed by atoms with Crippen molar-refractivity contribution in [3.05, 3.63) is 35.9 Å². The molecule has 2 aromatic rings. The van der Waals surface area contributed by atoms with Crippen LogP contribution in [-0.2, 0) is 6.18 Å². The Bertz CT molecular complexity index is 546. The van der Waals surface area contributed by atoms with E-state index in [4.69, 9.17) is 5.73 Å². The molecule has 1 aromatic carbocycles. The van der Waals surface area contributed by atoms with E-state index >= 15 is 0 Å². The first-order valence-electron chi connectivity index (χ1n) is 4.77. The summed E-state index contributed by atoms with van der Waals surface area (Å²) in [5.41, 5.74) is 7.63. The van der Waals surface area contributed by atoms with E-state index in [-0.39, 0.29) is 5.69 Å². The highest BCUT2D eigenvalue weighted by Gasteiger charge is 2.37. The number of nitrogens with zero attached hydrogens (tertiary/aromatic N) is 1. The van der Waals surface area contributed by atoms with Crippen molar-refractivity contribution in [1.82, 2.24) is 4.98 Å². The molecular weight excluding hydrogens is 233 g/mol. The molecule has 2 N–H and O–H groups in total. The number of rotatable bonds is 1. The Morgan fingerprint density at radius 2 is 2.00 bits per heavy atom. The summed E-state index contributed by atoms with van der Waals surface area (Å²) < 4.78 is 41.2. The zero-order valence-electron chi connectivity index (χ0n) is 8.88. The molecule has 6 heteroatoms. The Morgan fingerprint density at radius 1 is 1.29 bits per heavy atom. The van der Waals surface area contributed by atoms with Gasteiger partial charge in [0.15, 0.2) is 0 Å². The van der Waals surface area contributed by atoms with Crippen LogP contribution in [-0.4, -0.2) is 4.98 Å². The summed E-state index contributed by atoms with van der Waals surface area (Å²) in [6, 6.07) is 4.92. The highest BCUT2D eigenvalue weighted by atomic mass is 19.4. The molecule has 0 unspecified atom stereocenters. The van der Waals surface area contributed by atoms with Gasteiger partial charge in [0, 0.05) is 11.3 Å². The fraction of sp³-hybridized carbons (Fsp3) is 0.182. The van der Waals surface area contributed by atoms with Crippen molar-refractivity contribution < 1.29 is 17.6 Å². The molecule has 0 spiro atoms. The fourth-order valence-corrected chi connectivity index (χ4v) is 1.34. The van der Waals surface area contributed by atoms with Crippen molar-refractivity contribution in [2.75, 3.05) is 5.73 Å². The average Bonchev–Trinajstić information content (AvgIpc) is 2.70. The smallest absolute Gasteiger partial charge is 0.441 e. The van der Waals surface area contributed by atoms with E-state index in [2.05, 4.69) is 9.40 Å². The third-order valence-electron chi connectivity index (χ3n) is 2.32. The summed E-state index contributed by atoms with van der Waals surface area (Å²) in [6.07, 6.45) is -3.61. The van der Waals surface area contributed by atoms with Gasteiger partial charge in [-0.1, -0.05) is 12.1 Å². The monoisotopic (exact) mass is 242 g/mol. The van der Waals surface area contributed by atoms with E-state index in [1.165, 1.54) is 0 Å². The highest BCUT2D eigenvalue weighted by Crippen LogP contribution is 2.31. The molecule has 2 rings (SSSR count). The number of benzene rings is 1. The molecule has 0 atom stereocenters. The van der Waals surface area contributed by atoms with Crippen molar-refractivity contribution >= 4 is 5.69 Å². The van der Waals surface area contributed by atoms with Gasteiger partial charge in [-0.3, -0.25) is 0 Å². The van der Waals surface area contributed by atoms with Crippen molar-refractivity contribution in [2.24, 2.45) is 0 Å². The Hall–Kier alpha value is -1.98. The summed E-state index contributed by atoms with van der Waals surface area (Å²) in [7, 11) is 0. The summed E-state index contributed by atoms with van der Waals surface area (Å²) in [4.78, 5) is 3.38. The van der Waals surface area contributed by atoms with Crippen LogP contribution in [0, 0.1) is 6.92 Å². The summed E-state index contributed by atoms with van der Waals surface area (Å²) in [5.74, 6) is -1.26. The maximum atomic E-state index is 12.3. The number of aryl methyl sites for hydroxylation is 1. The molecule has 0 aliphatic heterocycles. The van der Waals surface area contributed by atoms with E-state index in [0.717, 1.165) is 11.8 Å². The number of halogens is 3. The molecule has 0 bridgehead atoms. The van der Waals surface area contributed by atoms with Gasteiger partial charge >= 0.3 is 12.1 Å². The lowest BCUT2D eigenvalue weighted by Gasteiger charge is -2.01. The molecule has 3 nitrogen and oxygen atoms in total. The number of hydrogen-bond donors (Lipinski definition) is 1. The van der Waals surface area contributed by atoms with Crippen LogP contribution in [0.25, 0.3) is 11.3 Å². The van der Waals surface area contributed by atoms with Crippen LogP contribution in [0.5, 0.6) is 0 Å². The second-order valence-electron chi connectivity index (χ2n) is 3.61. The van der Waals surface area contributed by atoms with E-state index < -0.39 is 12.1 Å². The van der Waals surface area contributed by atoms with E-state index in [1.54, 1.807) is 18.2 Å². The second-order valence-corrected chi connectivity index (χ2v) is 3.61. The van der Waals surface area contributed by atoms with E-state index in [1.807, 2.05) is 6.92 Å². The molecule has 17 heavy (non-hydrogen) atoms. The third kappa shape index (κ3) is 2.25. The molecule has 0 saturated carbocycles. The normalized spacial score (nSPS) is 11.8. The van der Waals surface area contributed by atoms with Crippen LogP contribution in [0.15, 0.2) is 28.9 Å². The zero-order chi connectivity index (χ0) is 12.6. The molecule has 0 aliphatic carbocycles. The minimum atomic E-state index is -4.57. The van der Waals surface area contributed by atoms with Gasteiger partial charge in [-0.15, -0.1) is 0 Å². The minimum absolute atomic E-state index is 0.115. The number of alkyl halides is 3. The Balaban J connectivity index is 2.40. The number of anilines is 1. The largest absolute Gasteiger partial charge is 0.468 e. The summed E-state index contributed by atoms with van der Waals surface area (Å²) in [5, 5.41) is 0. The fourth-order valence-electron chi connectivity index (χ4n) is 1.34. The van der Waals surface area contributed by atoms with Crippen molar-refractivity contribution in [3.8, 4) is 11.3 Å². The molecule has 0 amide bonds. The quantitative estimate of drug-likeness (QED) is 0.781. The lowest BCUT2D eigenvalue weighted by atomic mass is 10.1. The molecule has 0 radical (unpaired) electrons. The first-order chi connectivity index (χ1) is 7.88. The van der Waals surface area contributed by atoms with Crippen LogP contribution < -0.4 is 5.73 Å². The Kier molecular flexibility index (Phi) is 2.57. The molecule has 0 fully saturated rings. The van der Waals surface area contributed by atoms with Gasteiger partial charge in [-0.25, -0.2) is 4.98 Å².